The zero-order valence-electron chi connectivity index (χ0n) is 12.5. The van der Waals surface area contributed by atoms with Crippen LogP contribution in [0.5, 0.6) is 5.75 Å². The van der Waals surface area contributed by atoms with Crippen molar-refractivity contribution in [3.63, 3.8) is 0 Å². The van der Waals surface area contributed by atoms with Crippen LogP contribution >= 0.6 is 0 Å². The first-order chi connectivity index (χ1) is 9.58. The molecule has 110 valence electrons. The van der Waals surface area contributed by atoms with Gasteiger partial charge in [0.25, 0.3) is 0 Å². The van der Waals surface area contributed by atoms with Gasteiger partial charge < -0.3 is 14.4 Å². The molecule has 2 atom stereocenters. The first-order valence-electron chi connectivity index (χ1n) is 6.78. The smallest absolute Gasteiger partial charge is 0.241 e. The molecule has 5 nitrogen and oxygen atoms in total. The van der Waals surface area contributed by atoms with Gasteiger partial charge in [0.05, 0.1) is 19.8 Å². The number of hydrogen-bond donors (Lipinski definition) is 1. The zero-order valence-corrected chi connectivity index (χ0v) is 12.5. The first kappa shape index (κ1) is 14.8. The summed E-state index contributed by atoms with van der Waals surface area (Å²) in [4.78, 5) is 14.0. The highest BCUT2D eigenvalue weighted by Gasteiger charge is 2.36. The average molecular weight is 278 g/mol. The number of carbonyl (C=O) groups is 1. The van der Waals surface area contributed by atoms with E-state index >= 15 is 0 Å². The fourth-order valence-electron chi connectivity index (χ4n) is 2.55. The molecule has 0 aliphatic carbocycles. The minimum atomic E-state index is -0.167. The summed E-state index contributed by atoms with van der Waals surface area (Å²) in [5, 5.41) is 3.32. The number of carbonyl (C=O) groups excluding carboxylic acids is 1. The molecular formula is C15H22N2O3. The Morgan fingerprint density at radius 3 is 2.70 bits per heavy atom. The van der Waals surface area contributed by atoms with E-state index in [0.717, 1.165) is 16.9 Å². The maximum Gasteiger partial charge on any atom is 0.241 e. The summed E-state index contributed by atoms with van der Waals surface area (Å²) in [5.74, 6) is 0.968. The molecule has 1 fully saturated rings. The number of ether oxygens (including phenoxy) is 2. The van der Waals surface area contributed by atoms with E-state index in [1.807, 2.05) is 30.9 Å². The Morgan fingerprint density at radius 1 is 1.35 bits per heavy atom. The number of benzene rings is 1. The number of nitrogens with zero attached hydrogens (tertiary/aromatic N) is 1. The van der Waals surface area contributed by atoms with Crippen molar-refractivity contribution in [3.05, 3.63) is 29.3 Å². The lowest BCUT2D eigenvalue weighted by atomic mass is 10.1. The van der Waals surface area contributed by atoms with Crippen LogP contribution in [-0.2, 0) is 9.53 Å². The maximum atomic E-state index is 12.2. The largest absolute Gasteiger partial charge is 0.496 e. The number of nitrogens with one attached hydrogen (secondary N) is 1. The molecule has 0 aromatic heterocycles. The molecule has 20 heavy (non-hydrogen) atoms. The van der Waals surface area contributed by atoms with Gasteiger partial charge in [-0.15, -0.1) is 0 Å². The lowest BCUT2D eigenvalue weighted by Gasteiger charge is -2.24. The van der Waals surface area contributed by atoms with E-state index in [1.54, 1.807) is 14.2 Å². The zero-order chi connectivity index (χ0) is 14.7. The van der Waals surface area contributed by atoms with Gasteiger partial charge in [0, 0.05) is 13.7 Å². The van der Waals surface area contributed by atoms with Gasteiger partial charge in [0.2, 0.25) is 5.91 Å². The van der Waals surface area contributed by atoms with Gasteiger partial charge in [-0.1, -0.05) is 6.07 Å². The Kier molecular flexibility index (Phi) is 4.62. The van der Waals surface area contributed by atoms with Crippen LogP contribution in [0, 0.1) is 6.92 Å². The van der Waals surface area contributed by atoms with Crippen molar-refractivity contribution in [2.24, 2.45) is 0 Å². The standard InChI is InChI=1S/C15H22N2O3/c1-10-9-12(5-6-13(10)20-4)14-16-11(2)15(18)17(14)7-8-19-3/h5-6,9,11,14,16H,7-8H2,1-4H3. The molecule has 0 radical (unpaired) electrons. The summed E-state index contributed by atoms with van der Waals surface area (Å²) >= 11 is 0. The summed E-state index contributed by atoms with van der Waals surface area (Å²) in [6.07, 6.45) is -0.0998. The predicted molar refractivity (Wildman–Crippen MR) is 76.7 cm³/mol. The van der Waals surface area contributed by atoms with Crippen molar-refractivity contribution in [3.8, 4) is 5.75 Å². The number of amides is 1. The normalized spacial score (nSPS) is 22.4. The van der Waals surface area contributed by atoms with Gasteiger partial charge in [-0.05, 0) is 37.1 Å². The van der Waals surface area contributed by atoms with E-state index in [4.69, 9.17) is 9.47 Å². The fraction of sp³-hybridized carbons (Fsp3) is 0.533. The average Bonchev–Trinajstić information content (AvgIpc) is 2.72. The second-order valence-corrected chi connectivity index (χ2v) is 5.04. The molecule has 1 aliphatic heterocycles. The summed E-state index contributed by atoms with van der Waals surface area (Å²) in [5.41, 5.74) is 2.13. The van der Waals surface area contributed by atoms with Gasteiger partial charge in [-0.25, -0.2) is 0 Å². The molecular weight excluding hydrogens is 256 g/mol. The van der Waals surface area contributed by atoms with Gasteiger partial charge in [-0.2, -0.15) is 0 Å². The van der Waals surface area contributed by atoms with Crippen molar-refractivity contribution in [2.45, 2.75) is 26.1 Å². The third kappa shape index (κ3) is 2.78. The van der Waals surface area contributed by atoms with Crippen LogP contribution in [0.4, 0.5) is 0 Å². The molecule has 1 aromatic carbocycles. The van der Waals surface area contributed by atoms with Crippen LogP contribution < -0.4 is 10.1 Å². The minimum absolute atomic E-state index is 0.0998. The van der Waals surface area contributed by atoms with E-state index in [0.29, 0.717) is 13.2 Å². The Labute approximate surface area is 119 Å². The highest BCUT2D eigenvalue weighted by molar-refractivity contribution is 5.84. The first-order valence-corrected chi connectivity index (χ1v) is 6.78. The Morgan fingerprint density at radius 2 is 2.10 bits per heavy atom. The number of rotatable bonds is 5. The summed E-state index contributed by atoms with van der Waals surface area (Å²) in [7, 11) is 3.30. The van der Waals surface area contributed by atoms with Crippen LogP contribution in [-0.4, -0.2) is 44.2 Å². The second kappa shape index (κ2) is 6.24. The monoisotopic (exact) mass is 278 g/mol. The maximum absolute atomic E-state index is 12.2. The Balaban J connectivity index is 2.25. The van der Waals surface area contributed by atoms with Crippen LogP contribution in [0.2, 0.25) is 0 Å². The van der Waals surface area contributed by atoms with Gasteiger partial charge in [0.1, 0.15) is 11.9 Å². The lowest BCUT2D eigenvalue weighted by Crippen LogP contribution is -2.33. The van der Waals surface area contributed by atoms with Crippen molar-refractivity contribution in [2.75, 3.05) is 27.4 Å². The third-order valence-corrected chi connectivity index (χ3v) is 3.64. The van der Waals surface area contributed by atoms with Gasteiger partial charge in [-0.3, -0.25) is 10.1 Å². The summed E-state index contributed by atoms with van der Waals surface area (Å²) in [6, 6.07) is 5.82. The number of aryl methyl sites for hydroxylation is 1. The lowest BCUT2D eigenvalue weighted by molar-refractivity contribution is -0.130. The van der Waals surface area contributed by atoms with Crippen LogP contribution in [0.3, 0.4) is 0 Å². The van der Waals surface area contributed by atoms with Crippen LogP contribution in [0.15, 0.2) is 18.2 Å². The quantitative estimate of drug-likeness (QED) is 0.886. The number of hydrogen-bond acceptors (Lipinski definition) is 4. The van der Waals surface area contributed by atoms with E-state index in [9.17, 15) is 4.79 Å². The molecule has 0 bridgehead atoms. The van der Waals surface area contributed by atoms with E-state index in [1.165, 1.54) is 0 Å². The molecule has 1 aromatic rings. The molecule has 2 unspecified atom stereocenters. The van der Waals surface area contributed by atoms with Crippen molar-refractivity contribution in [1.29, 1.82) is 0 Å². The van der Waals surface area contributed by atoms with E-state index in [-0.39, 0.29) is 18.1 Å². The highest BCUT2D eigenvalue weighted by atomic mass is 16.5. The fourth-order valence-corrected chi connectivity index (χ4v) is 2.55. The molecule has 1 aliphatic rings. The molecule has 1 N–H and O–H groups in total. The van der Waals surface area contributed by atoms with Gasteiger partial charge in [0.15, 0.2) is 0 Å². The van der Waals surface area contributed by atoms with Crippen LogP contribution in [0.25, 0.3) is 0 Å². The Bertz CT molecular complexity index is 490. The molecule has 0 saturated carbocycles. The summed E-state index contributed by atoms with van der Waals surface area (Å²) in [6.45, 7) is 5.01. The summed E-state index contributed by atoms with van der Waals surface area (Å²) < 4.78 is 10.4. The molecule has 2 rings (SSSR count). The highest BCUT2D eigenvalue weighted by Crippen LogP contribution is 2.28. The van der Waals surface area contributed by atoms with Crippen molar-refractivity contribution < 1.29 is 14.3 Å². The SMILES string of the molecule is COCCN1C(=O)C(C)NC1c1ccc(OC)c(C)c1. The number of methoxy groups -OCH3 is 2. The molecule has 1 amide bonds. The molecule has 0 spiro atoms. The molecule has 5 heteroatoms. The second-order valence-electron chi connectivity index (χ2n) is 5.04. The predicted octanol–water partition coefficient (Wildman–Crippen LogP) is 1.47. The molecule has 1 saturated heterocycles. The van der Waals surface area contributed by atoms with Gasteiger partial charge >= 0.3 is 0 Å². The van der Waals surface area contributed by atoms with E-state index < -0.39 is 0 Å². The topological polar surface area (TPSA) is 50.8 Å². The van der Waals surface area contributed by atoms with Crippen LogP contribution in [0.1, 0.15) is 24.2 Å². The molecule has 1 heterocycles. The van der Waals surface area contributed by atoms with Crippen molar-refractivity contribution in [1.82, 2.24) is 10.2 Å². The minimum Gasteiger partial charge on any atom is -0.496 e. The van der Waals surface area contributed by atoms with E-state index in [2.05, 4.69) is 11.4 Å². The third-order valence-electron chi connectivity index (χ3n) is 3.64. The van der Waals surface area contributed by atoms with Crippen molar-refractivity contribution >= 4 is 5.91 Å². The Hall–Kier alpha value is -1.59.